The number of phenols is 2. The number of hydrogen-bond acceptors (Lipinski definition) is 6. The first-order chi connectivity index (χ1) is 11.3. The van der Waals surface area contributed by atoms with E-state index in [1.165, 1.54) is 12.1 Å². The Hall–Kier alpha value is -2.08. The molecule has 0 aliphatic heterocycles. The average Bonchev–Trinajstić information content (AvgIpc) is 2.52. The van der Waals surface area contributed by atoms with Gasteiger partial charge in [0.15, 0.2) is 0 Å². The van der Waals surface area contributed by atoms with Crippen LogP contribution in [0.25, 0.3) is 0 Å². The summed E-state index contributed by atoms with van der Waals surface area (Å²) in [5.41, 5.74) is 2.47. The molecule has 1 fully saturated rings. The van der Waals surface area contributed by atoms with Gasteiger partial charge in [0.1, 0.15) is 17.2 Å². The van der Waals surface area contributed by atoms with Crippen LogP contribution in [0.15, 0.2) is 17.1 Å². The first-order valence-electron chi connectivity index (χ1n) is 8.30. The first-order valence-corrected chi connectivity index (χ1v) is 8.30. The predicted molar refractivity (Wildman–Crippen MR) is 97.1 cm³/mol. The lowest BCUT2D eigenvalue weighted by atomic mass is 9.73. The maximum absolute atomic E-state index is 10.3. The van der Waals surface area contributed by atoms with Crippen LogP contribution in [0.5, 0.6) is 11.5 Å². The molecule has 1 saturated carbocycles. The molecule has 0 radical (unpaired) electrons. The van der Waals surface area contributed by atoms with E-state index in [4.69, 9.17) is 10.5 Å². The molecule has 3 atom stereocenters. The van der Waals surface area contributed by atoms with Crippen molar-refractivity contribution < 1.29 is 15.3 Å². The van der Waals surface area contributed by atoms with E-state index in [9.17, 15) is 10.2 Å². The van der Waals surface area contributed by atoms with Crippen molar-refractivity contribution in [1.82, 2.24) is 0 Å². The molecule has 1 aliphatic carbocycles. The molecular formula is C18H27N3O3. The zero-order chi connectivity index (χ0) is 18.0. The summed E-state index contributed by atoms with van der Waals surface area (Å²) in [5, 5.41) is 37.6. The summed E-state index contributed by atoms with van der Waals surface area (Å²) in [6.45, 7) is 6.43. The summed E-state index contributed by atoms with van der Waals surface area (Å²) in [7, 11) is 1.73. The molecule has 24 heavy (non-hydrogen) atoms. The lowest BCUT2D eigenvalue weighted by Crippen LogP contribution is -2.36. The number of nitrogens with zero attached hydrogens (tertiary/aromatic N) is 2. The SMILES string of the molecule is CC1CC(=N)C(C)C(C)C1=Nc1cc(O)c(N(C)CCO)cc1O. The number of aromatic hydroxyl groups is 2. The van der Waals surface area contributed by atoms with Gasteiger partial charge in [0.25, 0.3) is 0 Å². The van der Waals surface area contributed by atoms with Gasteiger partial charge in [-0.3, -0.25) is 4.99 Å². The van der Waals surface area contributed by atoms with Crippen molar-refractivity contribution in [2.45, 2.75) is 27.2 Å². The highest BCUT2D eigenvalue weighted by atomic mass is 16.3. The van der Waals surface area contributed by atoms with Gasteiger partial charge in [-0.1, -0.05) is 20.8 Å². The van der Waals surface area contributed by atoms with E-state index in [0.717, 1.165) is 11.4 Å². The van der Waals surface area contributed by atoms with Gasteiger partial charge in [-0.2, -0.15) is 0 Å². The normalized spacial score (nSPS) is 26.0. The van der Waals surface area contributed by atoms with Crippen molar-refractivity contribution >= 4 is 22.8 Å². The fourth-order valence-electron chi connectivity index (χ4n) is 3.20. The lowest BCUT2D eigenvalue weighted by Gasteiger charge is -2.33. The number of rotatable bonds is 4. The Morgan fingerprint density at radius 3 is 2.46 bits per heavy atom. The van der Waals surface area contributed by atoms with Gasteiger partial charge < -0.3 is 25.6 Å². The summed E-state index contributed by atoms with van der Waals surface area (Å²) in [5.74, 6) is 0.403. The summed E-state index contributed by atoms with van der Waals surface area (Å²) < 4.78 is 0. The van der Waals surface area contributed by atoms with Crippen LogP contribution in [0.1, 0.15) is 27.2 Å². The molecule has 3 unspecified atom stereocenters. The molecule has 1 aromatic rings. The molecule has 0 aromatic heterocycles. The molecule has 2 rings (SSSR count). The molecule has 0 spiro atoms. The van der Waals surface area contributed by atoms with Crippen LogP contribution in [0.2, 0.25) is 0 Å². The molecule has 132 valence electrons. The highest BCUT2D eigenvalue weighted by molar-refractivity contribution is 6.02. The molecule has 0 amide bonds. The minimum Gasteiger partial charge on any atom is -0.506 e. The summed E-state index contributed by atoms with van der Waals surface area (Å²) in [6.07, 6.45) is 0.675. The van der Waals surface area contributed by atoms with Gasteiger partial charge in [0.2, 0.25) is 0 Å². The molecule has 0 bridgehead atoms. The number of phenolic OH excluding ortho intramolecular Hbond substituents is 2. The fraction of sp³-hybridized carbons (Fsp3) is 0.556. The van der Waals surface area contributed by atoms with E-state index < -0.39 is 0 Å². The Morgan fingerprint density at radius 2 is 1.83 bits per heavy atom. The number of aliphatic hydroxyl groups excluding tert-OH is 1. The Balaban J connectivity index is 2.39. The standard InChI is InChI=1S/C18H27N3O3/c1-10-7-13(19)11(2)12(3)18(10)20-14-8-17(24)15(9-16(14)23)21(4)5-6-22/h8-12,19,22-24H,5-7H2,1-4H3. The Labute approximate surface area is 143 Å². The van der Waals surface area contributed by atoms with Crippen molar-refractivity contribution in [3.05, 3.63) is 12.1 Å². The van der Waals surface area contributed by atoms with Crippen LogP contribution in [0.4, 0.5) is 11.4 Å². The van der Waals surface area contributed by atoms with E-state index in [2.05, 4.69) is 4.99 Å². The second-order valence-electron chi connectivity index (χ2n) is 6.72. The van der Waals surface area contributed by atoms with E-state index >= 15 is 0 Å². The molecule has 1 aliphatic rings. The van der Waals surface area contributed by atoms with Crippen molar-refractivity contribution in [3.63, 3.8) is 0 Å². The molecular weight excluding hydrogens is 306 g/mol. The molecule has 4 N–H and O–H groups in total. The van der Waals surface area contributed by atoms with Crippen LogP contribution < -0.4 is 4.90 Å². The van der Waals surface area contributed by atoms with E-state index in [0.29, 0.717) is 24.3 Å². The van der Waals surface area contributed by atoms with Crippen molar-refractivity contribution in [2.24, 2.45) is 22.7 Å². The van der Waals surface area contributed by atoms with Crippen LogP contribution in [0, 0.1) is 23.2 Å². The van der Waals surface area contributed by atoms with Gasteiger partial charge >= 0.3 is 0 Å². The second kappa shape index (κ2) is 7.21. The maximum Gasteiger partial charge on any atom is 0.143 e. The molecule has 0 saturated heterocycles. The lowest BCUT2D eigenvalue weighted by molar-refractivity contribution is 0.303. The predicted octanol–water partition coefficient (Wildman–Crippen LogP) is 2.93. The summed E-state index contributed by atoms with van der Waals surface area (Å²) in [6, 6.07) is 2.92. The zero-order valence-corrected chi connectivity index (χ0v) is 14.7. The number of nitrogens with one attached hydrogen (secondary N) is 1. The minimum absolute atomic E-state index is 0.00667. The Morgan fingerprint density at radius 1 is 1.17 bits per heavy atom. The maximum atomic E-state index is 10.3. The second-order valence-corrected chi connectivity index (χ2v) is 6.72. The number of aliphatic imine (C=N–C) groups is 1. The van der Waals surface area contributed by atoms with Crippen molar-refractivity contribution in [1.29, 1.82) is 5.41 Å². The van der Waals surface area contributed by atoms with Crippen molar-refractivity contribution in [2.75, 3.05) is 25.1 Å². The third-order valence-corrected chi connectivity index (χ3v) is 4.97. The van der Waals surface area contributed by atoms with Gasteiger partial charge in [0.05, 0.1) is 12.3 Å². The molecule has 6 nitrogen and oxygen atoms in total. The van der Waals surface area contributed by atoms with Crippen molar-refractivity contribution in [3.8, 4) is 11.5 Å². The monoisotopic (exact) mass is 333 g/mol. The van der Waals surface area contributed by atoms with Crippen LogP contribution in [-0.4, -0.2) is 46.9 Å². The van der Waals surface area contributed by atoms with Crippen LogP contribution in [0.3, 0.4) is 0 Å². The summed E-state index contributed by atoms with van der Waals surface area (Å²) >= 11 is 0. The number of hydrogen-bond donors (Lipinski definition) is 4. The average molecular weight is 333 g/mol. The quantitative estimate of drug-likeness (QED) is 0.636. The third-order valence-electron chi connectivity index (χ3n) is 4.97. The fourth-order valence-corrected chi connectivity index (χ4v) is 3.20. The van der Waals surface area contributed by atoms with E-state index in [1.807, 2.05) is 20.8 Å². The topological polar surface area (TPSA) is 100 Å². The number of benzene rings is 1. The first kappa shape index (κ1) is 18.3. The van der Waals surface area contributed by atoms with Gasteiger partial charge in [0, 0.05) is 49.0 Å². The Bertz CT molecular complexity index is 657. The zero-order valence-electron chi connectivity index (χ0n) is 14.7. The summed E-state index contributed by atoms with van der Waals surface area (Å²) in [4.78, 5) is 6.28. The molecule has 6 heteroatoms. The van der Waals surface area contributed by atoms with Gasteiger partial charge in [-0.15, -0.1) is 0 Å². The van der Waals surface area contributed by atoms with Crippen LogP contribution in [-0.2, 0) is 0 Å². The molecule has 0 heterocycles. The van der Waals surface area contributed by atoms with Gasteiger partial charge in [-0.05, 0) is 12.3 Å². The highest BCUT2D eigenvalue weighted by Gasteiger charge is 2.32. The van der Waals surface area contributed by atoms with E-state index in [-0.39, 0.29) is 35.9 Å². The number of likely N-dealkylation sites (N-methyl/N-ethyl adjacent to an activating group) is 1. The minimum atomic E-state index is -0.0420. The highest BCUT2D eigenvalue weighted by Crippen LogP contribution is 2.40. The third kappa shape index (κ3) is 3.53. The van der Waals surface area contributed by atoms with Gasteiger partial charge in [-0.25, -0.2) is 0 Å². The Kier molecular flexibility index (Phi) is 5.49. The number of anilines is 1. The largest absolute Gasteiger partial charge is 0.506 e. The molecule has 1 aromatic carbocycles. The smallest absolute Gasteiger partial charge is 0.143 e. The number of aliphatic hydroxyl groups is 1. The van der Waals surface area contributed by atoms with E-state index in [1.54, 1.807) is 11.9 Å². The van der Waals surface area contributed by atoms with Crippen LogP contribution >= 0.6 is 0 Å².